The van der Waals surface area contributed by atoms with Gasteiger partial charge >= 0.3 is 0 Å². The Morgan fingerprint density at radius 2 is 2.11 bits per heavy atom. The third-order valence-corrected chi connectivity index (χ3v) is 3.65. The van der Waals surface area contributed by atoms with E-state index in [1.165, 1.54) is 12.1 Å². The van der Waals surface area contributed by atoms with E-state index in [0.29, 0.717) is 11.8 Å². The quantitative estimate of drug-likeness (QED) is 0.886. The van der Waals surface area contributed by atoms with Gasteiger partial charge in [-0.05, 0) is 43.4 Å². The van der Waals surface area contributed by atoms with Crippen molar-refractivity contribution in [3.8, 4) is 5.75 Å². The molecule has 19 heavy (non-hydrogen) atoms. The lowest BCUT2D eigenvalue weighted by Crippen LogP contribution is -2.34. The second-order valence-corrected chi connectivity index (χ2v) is 5.85. The number of nitrogens with two attached hydrogens (primary N) is 1. The topological polar surface area (TPSA) is 38.5 Å². The van der Waals surface area contributed by atoms with Crippen LogP contribution < -0.4 is 15.4 Å². The molecule has 2 rings (SSSR count). The van der Waals surface area contributed by atoms with Crippen LogP contribution in [-0.2, 0) is 0 Å². The monoisotopic (exact) mass is 262 g/mol. The third kappa shape index (κ3) is 3.87. The van der Waals surface area contributed by atoms with E-state index in [9.17, 15) is 0 Å². The molecule has 0 saturated heterocycles. The lowest BCUT2D eigenvalue weighted by atomic mass is 9.96. The molecule has 0 spiro atoms. The van der Waals surface area contributed by atoms with Gasteiger partial charge in [0.15, 0.2) is 0 Å². The van der Waals surface area contributed by atoms with Crippen LogP contribution in [0.3, 0.4) is 0 Å². The molecule has 0 bridgehead atoms. The average molecular weight is 262 g/mol. The molecule has 1 atom stereocenters. The first-order chi connectivity index (χ1) is 9.20. The van der Waals surface area contributed by atoms with E-state index in [-0.39, 0.29) is 0 Å². The number of para-hydroxylation sites is 2. The number of anilines is 1. The van der Waals surface area contributed by atoms with Crippen LogP contribution in [0.1, 0.15) is 26.7 Å². The highest BCUT2D eigenvalue weighted by atomic mass is 16.5. The number of hydrogen-bond acceptors (Lipinski definition) is 3. The van der Waals surface area contributed by atoms with E-state index in [2.05, 4.69) is 36.9 Å². The molecule has 1 aromatic rings. The fraction of sp³-hybridized carbons (Fsp3) is 0.625. The first kappa shape index (κ1) is 14.2. The van der Waals surface area contributed by atoms with Crippen molar-refractivity contribution in [1.82, 2.24) is 0 Å². The Morgan fingerprint density at radius 3 is 2.84 bits per heavy atom. The molecule has 106 valence electrons. The molecule has 3 heteroatoms. The van der Waals surface area contributed by atoms with Crippen LogP contribution in [0.15, 0.2) is 24.3 Å². The van der Waals surface area contributed by atoms with Gasteiger partial charge in [-0.2, -0.15) is 0 Å². The Labute approximate surface area is 116 Å². The van der Waals surface area contributed by atoms with Crippen molar-refractivity contribution in [2.24, 2.45) is 17.6 Å². The summed E-state index contributed by atoms with van der Waals surface area (Å²) in [6.45, 7) is 8.20. The number of hydrogen-bond donors (Lipinski definition) is 1. The first-order valence-corrected chi connectivity index (χ1v) is 7.37. The molecule has 1 aliphatic heterocycles. The van der Waals surface area contributed by atoms with Gasteiger partial charge in [0.1, 0.15) is 5.75 Å². The molecule has 3 nitrogen and oxygen atoms in total. The minimum Gasteiger partial charge on any atom is -0.491 e. The number of nitrogens with zero attached hydrogens (tertiary/aromatic N) is 1. The smallest absolute Gasteiger partial charge is 0.142 e. The van der Waals surface area contributed by atoms with Crippen molar-refractivity contribution in [3.05, 3.63) is 24.3 Å². The van der Waals surface area contributed by atoms with Gasteiger partial charge in [-0.1, -0.05) is 26.0 Å². The molecule has 2 N–H and O–H groups in total. The lowest BCUT2D eigenvalue weighted by Gasteiger charge is -2.29. The zero-order valence-corrected chi connectivity index (χ0v) is 12.1. The number of rotatable bonds is 5. The van der Waals surface area contributed by atoms with Crippen LogP contribution in [0, 0.1) is 11.8 Å². The molecule has 1 heterocycles. The van der Waals surface area contributed by atoms with Crippen LogP contribution in [0.4, 0.5) is 5.69 Å². The highest BCUT2D eigenvalue weighted by Crippen LogP contribution is 2.31. The van der Waals surface area contributed by atoms with Crippen LogP contribution in [0.5, 0.6) is 5.75 Å². The zero-order valence-electron chi connectivity index (χ0n) is 12.1. The van der Waals surface area contributed by atoms with Gasteiger partial charge in [0.05, 0.1) is 12.3 Å². The van der Waals surface area contributed by atoms with Crippen LogP contribution in [-0.4, -0.2) is 26.2 Å². The number of benzene rings is 1. The Bertz CT molecular complexity index is 392. The third-order valence-electron chi connectivity index (χ3n) is 3.65. The SMILES string of the molecule is CC(C)CC(CN)CN1CCCOc2ccccc21. The largest absolute Gasteiger partial charge is 0.491 e. The Kier molecular flexibility index (Phi) is 5.08. The van der Waals surface area contributed by atoms with Crippen LogP contribution >= 0.6 is 0 Å². The highest BCUT2D eigenvalue weighted by Gasteiger charge is 2.19. The molecular formula is C16H26N2O. The summed E-state index contributed by atoms with van der Waals surface area (Å²) in [6, 6.07) is 8.34. The summed E-state index contributed by atoms with van der Waals surface area (Å²) in [4.78, 5) is 2.45. The van der Waals surface area contributed by atoms with Gasteiger partial charge in [0.2, 0.25) is 0 Å². The second kappa shape index (κ2) is 6.80. The first-order valence-electron chi connectivity index (χ1n) is 7.37. The van der Waals surface area contributed by atoms with E-state index >= 15 is 0 Å². The summed E-state index contributed by atoms with van der Waals surface area (Å²) in [5.41, 5.74) is 7.16. The summed E-state index contributed by atoms with van der Waals surface area (Å²) in [5, 5.41) is 0. The summed E-state index contributed by atoms with van der Waals surface area (Å²) in [5.74, 6) is 2.28. The van der Waals surface area contributed by atoms with Gasteiger partial charge in [-0.3, -0.25) is 0 Å². The predicted molar refractivity (Wildman–Crippen MR) is 80.8 cm³/mol. The maximum atomic E-state index is 5.94. The van der Waals surface area contributed by atoms with Gasteiger partial charge < -0.3 is 15.4 Å². The molecule has 0 fully saturated rings. The van der Waals surface area contributed by atoms with Crippen molar-refractivity contribution in [2.75, 3.05) is 31.1 Å². The van der Waals surface area contributed by atoms with Gasteiger partial charge in [-0.25, -0.2) is 0 Å². The minimum absolute atomic E-state index is 0.561. The van der Waals surface area contributed by atoms with Crippen molar-refractivity contribution in [1.29, 1.82) is 0 Å². The van der Waals surface area contributed by atoms with E-state index in [1.54, 1.807) is 0 Å². The van der Waals surface area contributed by atoms with Crippen molar-refractivity contribution < 1.29 is 4.74 Å². The molecule has 0 aromatic heterocycles. The molecule has 0 radical (unpaired) electrons. The van der Waals surface area contributed by atoms with E-state index in [0.717, 1.165) is 38.4 Å². The predicted octanol–water partition coefficient (Wildman–Crippen LogP) is 2.90. The second-order valence-electron chi connectivity index (χ2n) is 5.85. The van der Waals surface area contributed by atoms with Gasteiger partial charge in [0, 0.05) is 13.1 Å². The summed E-state index contributed by atoms with van der Waals surface area (Å²) in [7, 11) is 0. The van der Waals surface area contributed by atoms with E-state index in [4.69, 9.17) is 10.5 Å². The number of ether oxygens (including phenoxy) is 1. The minimum atomic E-state index is 0.561. The van der Waals surface area contributed by atoms with E-state index < -0.39 is 0 Å². The van der Waals surface area contributed by atoms with E-state index in [1.807, 2.05) is 6.07 Å². The standard InChI is InChI=1S/C16H26N2O/c1-13(2)10-14(11-17)12-18-8-5-9-19-16-7-4-3-6-15(16)18/h3-4,6-7,13-14H,5,8-12,17H2,1-2H3. The molecule has 1 unspecified atom stereocenters. The van der Waals surface area contributed by atoms with Crippen molar-refractivity contribution >= 4 is 5.69 Å². The van der Waals surface area contributed by atoms with Crippen molar-refractivity contribution in [2.45, 2.75) is 26.7 Å². The molecule has 1 aromatic carbocycles. The molecular weight excluding hydrogens is 236 g/mol. The van der Waals surface area contributed by atoms with Gasteiger partial charge in [0.25, 0.3) is 0 Å². The van der Waals surface area contributed by atoms with Crippen molar-refractivity contribution in [3.63, 3.8) is 0 Å². The summed E-state index contributed by atoms with van der Waals surface area (Å²) < 4.78 is 5.80. The molecule has 0 saturated carbocycles. The Morgan fingerprint density at radius 1 is 1.32 bits per heavy atom. The maximum Gasteiger partial charge on any atom is 0.142 e. The summed E-state index contributed by atoms with van der Waals surface area (Å²) in [6.07, 6.45) is 2.27. The van der Waals surface area contributed by atoms with Gasteiger partial charge in [-0.15, -0.1) is 0 Å². The Balaban J connectivity index is 2.10. The Hall–Kier alpha value is -1.22. The fourth-order valence-corrected chi connectivity index (χ4v) is 2.81. The molecule has 0 amide bonds. The van der Waals surface area contributed by atoms with Crippen LogP contribution in [0.2, 0.25) is 0 Å². The summed E-state index contributed by atoms with van der Waals surface area (Å²) >= 11 is 0. The fourth-order valence-electron chi connectivity index (χ4n) is 2.81. The average Bonchev–Trinajstić information content (AvgIpc) is 2.60. The highest BCUT2D eigenvalue weighted by molar-refractivity contribution is 5.58. The van der Waals surface area contributed by atoms with Crippen LogP contribution in [0.25, 0.3) is 0 Å². The normalized spacial score (nSPS) is 16.7. The lowest BCUT2D eigenvalue weighted by molar-refractivity contribution is 0.322. The number of fused-ring (bicyclic) bond motifs is 1. The zero-order chi connectivity index (χ0) is 13.7. The molecule has 0 aliphatic carbocycles. The maximum absolute atomic E-state index is 5.94. The molecule has 1 aliphatic rings.